The monoisotopic (exact) mass is 703 g/mol. The highest BCUT2D eigenvalue weighted by atomic mass is 16.3. The Kier molecular flexibility index (Phi) is 8.12. The van der Waals surface area contributed by atoms with Gasteiger partial charge in [0.2, 0.25) is 0 Å². The molecule has 4 nitrogen and oxygen atoms in total. The zero-order valence-corrected chi connectivity index (χ0v) is 29.8. The molecule has 10 aromatic rings. The number of para-hydroxylation sites is 2. The Hall–Kier alpha value is -7.43. The first-order valence-corrected chi connectivity index (χ1v) is 18.4. The van der Waals surface area contributed by atoms with E-state index in [1.807, 2.05) is 60.9 Å². The highest BCUT2D eigenvalue weighted by Gasteiger charge is 2.17. The molecule has 0 aliphatic carbocycles. The molecule has 0 saturated carbocycles. The van der Waals surface area contributed by atoms with Crippen LogP contribution in [-0.4, -0.2) is 15.0 Å². The Labute approximate surface area is 319 Å². The molecule has 55 heavy (non-hydrogen) atoms. The van der Waals surface area contributed by atoms with Gasteiger partial charge in [-0.1, -0.05) is 127 Å². The minimum absolute atomic E-state index is 0.662. The van der Waals surface area contributed by atoms with Gasteiger partial charge in [0.15, 0.2) is 5.82 Å². The smallest absolute Gasteiger partial charge is 0.160 e. The van der Waals surface area contributed by atoms with Crippen LogP contribution in [0, 0.1) is 0 Å². The predicted molar refractivity (Wildman–Crippen MR) is 225 cm³/mol. The van der Waals surface area contributed by atoms with Gasteiger partial charge < -0.3 is 4.42 Å². The van der Waals surface area contributed by atoms with Crippen molar-refractivity contribution in [2.24, 2.45) is 0 Å². The highest BCUT2D eigenvalue weighted by molar-refractivity contribution is 6.09. The molecular weight excluding hydrogens is 671 g/mol. The van der Waals surface area contributed by atoms with Crippen LogP contribution in [0.3, 0.4) is 0 Å². The number of rotatable bonds is 7. The topological polar surface area (TPSA) is 51.8 Å². The lowest BCUT2D eigenvalue weighted by Gasteiger charge is -2.15. The zero-order chi connectivity index (χ0) is 36.6. The Morgan fingerprint density at radius 1 is 0.327 bits per heavy atom. The van der Waals surface area contributed by atoms with Gasteiger partial charge in [-0.05, 0) is 99.6 Å². The molecule has 0 fully saturated rings. The molecule has 0 atom stereocenters. The van der Waals surface area contributed by atoms with Gasteiger partial charge in [0.25, 0.3) is 0 Å². The molecule has 4 heteroatoms. The lowest BCUT2D eigenvalue weighted by Crippen LogP contribution is -1.97. The highest BCUT2D eigenvalue weighted by Crippen LogP contribution is 2.40. The quantitative estimate of drug-likeness (QED) is 0.166. The van der Waals surface area contributed by atoms with E-state index >= 15 is 0 Å². The number of hydrogen-bond acceptors (Lipinski definition) is 4. The molecule has 3 heterocycles. The van der Waals surface area contributed by atoms with E-state index in [0.717, 1.165) is 94.5 Å². The van der Waals surface area contributed by atoms with E-state index in [2.05, 4.69) is 145 Å². The van der Waals surface area contributed by atoms with Crippen LogP contribution in [-0.2, 0) is 0 Å². The fourth-order valence-corrected chi connectivity index (χ4v) is 7.45. The average Bonchev–Trinajstić information content (AvgIpc) is 3.66. The number of pyridine rings is 1. The van der Waals surface area contributed by atoms with Crippen LogP contribution in [0.4, 0.5) is 0 Å². The fraction of sp³-hybridized carbons (Fsp3) is 0. The van der Waals surface area contributed by atoms with Crippen molar-refractivity contribution < 1.29 is 4.42 Å². The van der Waals surface area contributed by atoms with E-state index in [0.29, 0.717) is 5.82 Å². The Morgan fingerprint density at radius 3 is 1.42 bits per heavy atom. The molecule has 0 aliphatic rings. The van der Waals surface area contributed by atoms with E-state index in [9.17, 15) is 0 Å². The van der Waals surface area contributed by atoms with Crippen LogP contribution in [0.2, 0.25) is 0 Å². The predicted octanol–water partition coefficient (Wildman–Crippen LogP) is 13.4. The number of hydrogen-bond donors (Lipinski definition) is 0. The van der Waals surface area contributed by atoms with Crippen LogP contribution < -0.4 is 0 Å². The van der Waals surface area contributed by atoms with Crippen LogP contribution >= 0.6 is 0 Å². The maximum absolute atomic E-state index is 6.55. The molecule has 0 unspecified atom stereocenters. The van der Waals surface area contributed by atoms with Crippen molar-refractivity contribution in [3.8, 4) is 78.4 Å². The van der Waals surface area contributed by atoms with Gasteiger partial charge in [-0.15, -0.1) is 0 Å². The molecule has 0 saturated heterocycles. The molecule has 0 aliphatic heterocycles. The molecule has 0 radical (unpaired) electrons. The minimum Gasteiger partial charge on any atom is -0.455 e. The van der Waals surface area contributed by atoms with Crippen LogP contribution in [0.25, 0.3) is 100 Å². The SMILES string of the molecule is c1ccc(-c2cc(-c3ccncc3)cc(-c3cc(-c4cc(-c5ccccc5)cc(-c5cccc6c5oc5ccccc56)c4)nc(-c4ccccc4)n3)c2)cc1. The molecular formula is C51H33N3O. The van der Waals surface area contributed by atoms with Crippen LogP contribution in [0.5, 0.6) is 0 Å². The molecule has 258 valence electrons. The summed E-state index contributed by atoms with van der Waals surface area (Å²) in [6.45, 7) is 0. The second kappa shape index (κ2) is 13.8. The number of aromatic nitrogens is 3. The van der Waals surface area contributed by atoms with Gasteiger partial charge in [0.05, 0.1) is 11.4 Å². The van der Waals surface area contributed by atoms with Crippen LogP contribution in [0.1, 0.15) is 0 Å². The summed E-state index contributed by atoms with van der Waals surface area (Å²) in [6, 6.07) is 65.5. The van der Waals surface area contributed by atoms with Crippen molar-refractivity contribution in [2.45, 2.75) is 0 Å². The molecule has 0 spiro atoms. The first kappa shape index (κ1) is 32.2. The van der Waals surface area contributed by atoms with Crippen molar-refractivity contribution in [2.75, 3.05) is 0 Å². The lowest BCUT2D eigenvalue weighted by molar-refractivity contribution is 0.670. The normalized spacial score (nSPS) is 11.3. The third-order valence-corrected chi connectivity index (χ3v) is 10.2. The van der Waals surface area contributed by atoms with Gasteiger partial charge in [-0.3, -0.25) is 4.98 Å². The van der Waals surface area contributed by atoms with E-state index in [1.165, 1.54) is 0 Å². The summed E-state index contributed by atoms with van der Waals surface area (Å²) in [6.07, 6.45) is 3.67. The molecule has 0 bridgehead atoms. The zero-order valence-electron chi connectivity index (χ0n) is 29.8. The van der Waals surface area contributed by atoms with Crippen LogP contribution in [0.15, 0.2) is 205 Å². The molecule has 7 aromatic carbocycles. The van der Waals surface area contributed by atoms with Crippen molar-refractivity contribution in [1.82, 2.24) is 15.0 Å². The maximum atomic E-state index is 6.55. The first-order valence-electron chi connectivity index (χ1n) is 18.4. The van der Waals surface area contributed by atoms with Gasteiger partial charge in [0.1, 0.15) is 11.2 Å². The van der Waals surface area contributed by atoms with Gasteiger partial charge in [-0.25, -0.2) is 9.97 Å². The number of nitrogens with zero attached hydrogens (tertiary/aromatic N) is 3. The average molecular weight is 704 g/mol. The van der Waals surface area contributed by atoms with Gasteiger partial charge >= 0.3 is 0 Å². The molecule has 0 N–H and O–H groups in total. The molecule has 0 amide bonds. The second-order valence-electron chi connectivity index (χ2n) is 13.7. The Morgan fingerprint density at radius 2 is 0.800 bits per heavy atom. The number of fused-ring (bicyclic) bond motifs is 3. The summed E-state index contributed by atoms with van der Waals surface area (Å²) < 4.78 is 6.55. The first-order chi connectivity index (χ1) is 27.2. The third kappa shape index (κ3) is 6.26. The fourth-order valence-electron chi connectivity index (χ4n) is 7.45. The summed E-state index contributed by atoms with van der Waals surface area (Å²) >= 11 is 0. The largest absolute Gasteiger partial charge is 0.455 e. The second-order valence-corrected chi connectivity index (χ2v) is 13.7. The Bertz CT molecular complexity index is 2900. The summed E-state index contributed by atoms with van der Waals surface area (Å²) in [5.41, 5.74) is 15.1. The number of benzene rings is 7. The summed E-state index contributed by atoms with van der Waals surface area (Å²) in [5, 5.41) is 2.20. The van der Waals surface area contributed by atoms with Crippen molar-refractivity contribution >= 4 is 21.9 Å². The third-order valence-electron chi connectivity index (χ3n) is 10.2. The van der Waals surface area contributed by atoms with Crippen molar-refractivity contribution in [3.05, 3.63) is 200 Å². The Balaban J connectivity index is 1.21. The molecule has 10 rings (SSSR count). The standard InChI is InChI=1S/C51H33N3O/c1-4-13-34(14-5-1)38-27-39(36-23-25-52-26-24-36)30-42(29-38)47-33-48(54-51(53-47)37-17-8-3-9-18-37)43-31-40(35-15-6-2-7-16-35)28-41(32-43)44-20-12-21-46-45-19-10-11-22-49(45)55-50(44)46/h1-33H. The molecule has 3 aromatic heterocycles. The number of furan rings is 1. The summed E-state index contributed by atoms with van der Waals surface area (Å²) in [7, 11) is 0. The van der Waals surface area contributed by atoms with Crippen molar-refractivity contribution in [1.29, 1.82) is 0 Å². The van der Waals surface area contributed by atoms with E-state index in [1.54, 1.807) is 0 Å². The summed E-state index contributed by atoms with van der Waals surface area (Å²) in [5.74, 6) is 0.662. The van der Waals surface area contributed by atoms with E-state index in [4.69, 9.17) is 14.4 Å². The van der Waals surface area contributed by atoms with Gasteiger partial charge in [-0.2, -0.15) is 0 Å². The minimum atomic E-state index is 0.662. The van der Waals surface area contributed by atoms with Crippen molar-refractivity contribution in [3.63, 3.8) is 0 Å². The summed E-state index contributed by atoms with van der Waals surface area (Å²) in [4.78, 5) is 14.8. The van der Waals surface area contributed by atoms with E-state index in [-0.39, 0.29) is 0 Å². The maximum Gasteiger partial charge on any atom is 0.160 e. The lowest BCUT2D eigenvalue weighted by atomic mass is 9.93. The van der Waals surface area contributed by atoms with E-state index < -0.39 is 0 Å². The van der Waals surface area contributed by atoms with Gasteiger partial charge in [0, 0.05) is 45.4 Å².